The van der Waals surface area contributed by atoms with Crippen molar-refractivity contribution < 1.29 is 34.2 Å². The van der Waals surface area contributed by atoms with Gasteiger partial charge in [0, 0.05) is 5.92 Å². The highest BCUT2D eigenvalue weighted by molar-refractivity contribution is 6.32. The van der Waals surface area contributed by atoms with Crippen molar-refractivity contribution in [2.75, 3.05) is 14.1 Å². The van der Waals surface area contributed by atoms with Crippen LogP contribution in [0.4, 0.5) is 0 Å². The Labute approximate surface area is 171 Å². The quantitative estimate of drug-likeness (QED) is 0.513. The van der Waals surface area contributed by atoms with Crippen LogP contribution in [-0.4, -0.2) is 69.9 Å². The van der Waals surface area contributed by atoms with Crippen LogP contribution in [0.25, 0.3) is 0 Å². The number of aliphatic hydroxyl groups is 1. The first-order chi connectivity index (χ1) is 14.0. The number of nitrogens with zero attached hydrogens (tertiary/aromatic N) is 1. The van der Waals surface area contributed by atoms with E-state index in [9.17, 15) is 34.2 Å². The van der Waals surface area contributed by atoms with Crippen molar-refractivity contribution in [2.24, 2.45) is 29.4 Å². The summed E-state index contributed by atoms with van der Waals surface area (Å²) in [5, 5.41) is 21.5. The predicted molar refractivity (Wildman–Crippen MR) is 101 cm³/mol. The molecule has 4 rings (SSSR count). The monoisotopic (exact) mass is 414 g/mol. The van der Waals surface area contributed by atoms with E-state index in [1.165, 1.54) is 11.0 Å². The van der Waals surface area contributed by atoms with Gasteiger partial charge in [-0.05, 0) is 44.5 Å². The van der Waals surface area contributed by atoms with Crippen LogP contribution in [0, 0.1) is 23.7 Å². The normalized spacial score (nSPS) is 35.7. The molecule has 2 fully saturated rings. The highest BCUT2D eigenvalue weighted by Gasteiger charge is 2.69. The van der Waals surface area contributed by atoms with Gasteiger partial charge in [0.1, 0.15) is 5.75 Å². The van der Waals surface area contributed by atoms with E-state index in [0.29, 0.717) is 5.56 Å². The first kappa shape index (κ1) is 20.4. The lowest BCUT2D eigenvalue weighted by molar-refractivity contribution is -0.181. The summed E-state index contributed by atoms with van der Waals surface area (Å²) in [5.41, 5.74) is 3.16. The molecule has 6 atom stereocenters. The fourth-order valence-electron chi connectivity index (χ4n) is 5.54. The fraction of sp³-hybridized carbons (Fsp3) is 0.476. The van der Waals surface area contributed by atoms with Gasteiger partial charge in [0.15, 0.2) is 34.7 Å². The summed E-state index contributed by atoms with van der Waals surface area (Å²) in [4.78, 5) is 65.8. The molecule has 9 nitrogen and oxygen atoms in total. The molecule has 9 heteroatoms. The van der Waals surface area contributed by atoms with Crippen LogP contribution < -0.4 is 5.73 Å². The first-order valence-corrected chi connectivity index (χ1v) is 9.67. The molecule has 30 heavy (non-hydrogen) atoms. The molecule has 0 aromatic heterocycles. The summed E-state index contributed by atoms with van der Waals surface area (Å²) in [7, 11) is 3.10. The van der Waals surface area contributed by atoms with Gasteiger partial charge < -0.3 is 15.9 Å². The number of phenols is 1. The Morgan fingerprint density at radius 3 is 2.43 bits per heavy atom. The first-order valence-electron chi connectivity index (χ1n) is 9.67. The largest absolute Gasteiger partial charge is 0.507 e. The number of phenolic OH excluding ortho intramolecular Hbond substituents is 1. The highest BCUT2D eigenvalue weighted by atomic mass is 16.3. The van der Waals surface area contributed by atoms with E-state index < -0.39 is 64.4 Å². The third-order valence-corrected chi connectivity index (χ3v) is 6.80. The van der Waals surface area contributed by atoms with E-state index >= 15 is 0 Å². The van der Waals surface area contributed by atoms with Crippen LogP contribution in [0.15, 0.2) is 18.2 Å². The minimum absolute atomic E-state index is 0.00379. The number of aromatic hydroxyl groups is 1. The molecule has 3 aliphatic carbocycles. The molecule has 158 valence electrons. The zero-order valence-electron chi connectivity index (χ0n) is 16.5. The van der Waals surface area contributed by atoms with Gasteiger partial charge in [0.05, 0.1) is 17.5 Å². The smallest absolute Gasteiger partial charge is 0.235 e. The highest BCUT2D eigenvalue weighted by Crippen LogP contribution is 2.50. The van der Waals surface area contributed by atoms with E-state index in [1.807, 2.05) is 0 Å². The van der Waals surface area contributed by atoms with Crippen molar-refractivity contribution >= 4 is 29.0 Å². The number of carbonyl (C=O) groups is 5. The standard InChI is InChI=1S/C21H22N2O7/c1-23(2)15-10-7-9-6-8-4-3-5-11(24)12(8)16(25)13(9)18(27)21(10,30)19(28)14(17(15)26)20(22)29/h3-5,9-10,13-15,24,30H,6-7H2,1-2H3,(H2,22,29)/t9-,10-,13?,14?,15-,21?/m0/s1. The number of ketones is 4. The molecule has 1 aromatic rings. The molecule has 0 aliphatic heterocycles. The zero-order valence-corrected chi connectivity index (χ0v) is 16.5. The maximum Gasteiger partial charge on any atom is 0.235 e. The van der Waals surface area contributed by atoms with Crippen molar-refractivity contribution in [3.05, 3.63) is 29.3 Å². The summed E-state index contributed by atoms with van der Waals surface area (Å²) in [6.45, 7) is 0. The van der Waals surface area contributed by atoms with Crippen molar-refractivity contribution in [3.8, 4) is 5.75 Å². The number of nitrogens with two attached hydrogens (primary N) is 1. The summed E-state index contributed by atoms with van der Waals surface area (Å²) >= 11 is 0. The lowest BCUT2D eigenvalue weighted by Crippen LogP contribution is -2.74. The predicted octanol–water partition coefficient (Wildman–Crippen LogP) is -1.13. The van der Waals surface area contributed by atoms with Crippen molar-refractivity contribution in [2.45, 2.75) is 24.5 Å². The van der Waals surface area contributed by atoms with Crippen LogP contribution in [-0.2, 0) is 25.6 Å². The molecule has 0 radical (unpaired) electrons. The number of hydrogen-bond acceptors (Lipinski definition) is 8. The number of likely N-dealkylation sites (N-methyl/N-ethyl adjacent to an activating group) is 1. The van der Waals surface area contributed by atoms with E-state index in [2.05, 4.69) is 0 Å². The maximum atomic E-state index is 13.4. The Bertz CT molecular complexity index is 1020. The van der Waals surface area contributed by atoms with Gasteiger partial charge in [-0.15, -0.1) is 0 Å². The number of benzene rings is 1. The molecule has 2 saturated carbocycles. The molecular formula is C21H22N2O7. The summed E-state index contributed by atoms with van der Waals surface area (Å²) < 4.78 is 0. The average Bonchev–Trinajstić information content (AvgIpc) is 2.64. The summed E-state index contributed by atoms with van der Waals surface area (Å²) in [6, 6.07) is 3.52. The maximum absolute atomic E-state index is 13.4. The SMILES string of the molecule is CN(C)[C@@H]1C(=O)C(C(N)=O)C(=O)C2(O)C(=O)C3C(=O)c4c(O)cccc4C[C@H]3C[C@@H]12. The average molecular weight is 414 g/mol. The van der Waals surface area contributed by atoms with Crippen LogP contribution in [0.2, 0.25) is 0 Å². The minimum atomic E-state index is -2.68. The Morgan fingerprint density at radius 1 is 1.17 bits per heavy atom. The fourth-order valence-corrected chi connectivity index (χ4v) is 5.54. The van der Waals surface area contributed by atoms with Crippen LogP contribution in [0.5, 0.6) is 5.75 Å². The third kappa shape index (κ3) is 2.45. The Hall–Kier alpha value is -2.91. The van der Waals surface area contributed by atoms with Gasteiger partial charge in [-0.1, -0.05) is 12.1 Å². The van der Waals surface area contributed by atoms with Crippen molar-refractivity contribution in [1.29, 1.82) is 0 Å². The second-order valence-corrected chi connectivity index (χ2v) is 8.60. The molecule has 0 bridgehead atoms. The number of rotatable bonds is 2. The number of Topliss-reactive ketones (excluding diaryl/α,β-unsaturated/α-hetero) is 4. The van der Waals surface area contributed by atoms with Crippen molar-refractivity contribution in [3.63, 3.8) is 0 Å². The topological polar surface area (TPSA) is 155 Å². The zero-order chi connectivity index (χ0) is 22.1. The molecule has 0 saturated heterocycles. The van der Waals surface area contributed by atoms with Crippen LogP contribution in [0.1, 0.15) is 22.3 Å². The molecular weight excluding hydrogens is 392 g/mol. The van der Waals surface area contributed by atoms with Gasteiger partial charge in [0.25, 0.3) is 0 Å². The summed E-state index contributed by atoms with van der Waals surface area (Å²) in [5.74, 6) is -10.2. The van der Waals surface area contributed by atoms with Gasteiger partial charge in [-0.3, -0.25) is 28.9 Å². The number of fused-ring (bicyclic) bond motifs is 3. The molecule has 0 heterocycles. The lowest BCUT2D eigenvalue weighted by atomic mass is 9.52. The van der Waals surface area contributed by atoms with Gasteiger partial charge in [-0.25, -0.2) is 0 Å². The second kappa shape index (κ2) is 6.55. The van der Waals surface area contributed by atoms with E-state index in [-0.39, 0.29) is 24.2 Å². The number of carbonyl (C=O) groups excluding carboxylic acids is 5. The van der Waals surface area contributed by atoms with E-state index in [1.54, 1.807) is 26.2 Å². The van der Waals surface area contributed by atoms with Gasteiger partial charge >= 0.3 is 0 Å². The molecule has 4 N–H and O–H groups in total. The van der Waals surface area contributed by atoms with Crippen LogP contribution in [0.3, 0.4) is 0 Å². The Morgan fingerprint density at radius 2 is 1.83 bits per heavy atom. The van der Waals surface area contributed by atoms with Crippen molar-refractivity contribution in [1.82, 2.24) is 4.90 Å². The molecule has 0 spiro atoms. The van der Waals surface area contributed by atoms with E-state index in [0.717, 1.165) is 0 Å². The molecule has 3 unspecified atom stereocenters. The Balaban J connectivity index is 1.87. The molecule has 1 amide bonds. The van der Waals surface area contributed by atoms with Crippen LogP contribution >= 0.6 is 0 Å². The molecule has 1 aromatic carbocycles. The third-order valence-electron chi connectivity index (χ3n) is 6.80. The second-order valence-electron chi connectivity index (χ2n) is 8.60. The van der Waals surface area contributed by atoms with E-state index in [4.69, 9.17) is 5.73 Å². The number of amides is 1. The lowest BCUT2D eigenvalue weighted by Gasteiger charge is -2.52. The van der Waals surface area contributed by atoms with Gasteiger partial charge in [-0.2, -0.15) is 0 Å². The number of hydrogen-bond donors (Lipinski definition) is 3. The minimum Gasteiger partial charge on any atom is -0.507 e. The molecule has 3 aliphatic rings. The van der Waals surface area contributed by atoms with Gasteiger partial charge in [0.2, 0.25) is 5.91 Å². The Kier molecular flexibility index (Phi) is 4.44. The number of primary amides is 1. The summed E-state index contributed by atoms with van der Waals surface area (Å²) in [6.07, 6.45) is 0.333.